The number of carbonyl (C=O) groups is 1. The number of aromatic nitrogens is 4. The van der Waals surface area contributed by atoms with Gasteiger partial charge in [0.1, 0.15) is 5.01 Å². The third-order valence-electron chi connectivity index (χ3n) is 5.25. The van der Waals surface area contributed by atoms with Crippen LogP contribution in [0.3, 0.4) is 0 Å². The largest absolute Gasteiger partial charge is 0.326 e. The summed E-state index contributed by atoms with van der Waals surface area (Å²) < 4.78 is 2.76. The number of thiazole rings is 1. The molecule has 1 amide bonds. The van der Waals surface area contributed by atoms with Gasteiger partial charge < -0.3 is 5.32 Å². The fourth-order valence-electron chi connectivity index (χ4n) is 3.67. The molecule has 0 aliphatic carbocycles. The van der Waals surface area contributed by atoms with Crippen molar-refractivity contribution >= 4 is 38.8 Å². The Bertz CT molecular complexity index is 1460. The Morgan fingerprint density at radius 2 is 1.87 bits per heavy atom. The second-order valence-electron chi connectivity index (χ2n) is 7.36. The third kappa shape index (κ3) is 3.62. The van der Waals surface area contributed by atoms with Gasteiger partial charge in [0.05, 0.1) is 16.6 Å². The molecular formula is C23H19N5O2S. The number of anilines is 1. The number of aryl methyl sites for hydroxylation is 2. The average molecular weight is 430 g/mol. The second-order valence-corrected chi connectivity index (χ2v) is 8.39. The minimum atomic E-state index is -0.218. The van der Waals surface area contributed by atoms with E-state index in [0.29, 0.717) is 11.3 Å². The molecule has 0 fully saturated rings. The van der Waals surface area contributed by atoms with E-state index in [1.807, 2.05) is 56.3 Å². The maximum atomic E-state index is 12.7. The molecule has 0 saturated carbocycles. The number of fused-ring (bicyclic) bond motifs is 2. The lowest BCUT2D eigenvalue weighted by molar-refractivity contribution is -0.115. The summed E-state index contributed by atoms with van der Waals surface area (Å²) in [5.74, 6) is -0.144. The lowest BCUT2D eigenvalue weighted by Gasteiger charge is -2.12. The molecule has 8 heteroatoms. The fourth-order valence-corrected chi connectivity index (χ4v) is 4.64. The summed E-state index contributed by atoms with van der Waals surface area (Å²) in [6.07, 6.45) is 0.167. The van der Waals surface area contributed by atoms with Gasteiger partial charge in [-0.15, -0.1) is 11.3 Å². The van der Waals surface area contributed by atoms with Gasteiger partial charge in [-0.3, -0.25) is 14.7 Å². The van der Waals surface area contributed by atoms with Crippen molar-refractivity contribution in [2.24, 2.45) is 0 Å². The van der Waals surface area contributed by atoms with Gasteiger partial charge in [0, 0.05) is 34.3 Å². The highest BCUT2D eigenvalue weighted by Crippen LogP contribution is 2.30. The lowest BCUT2D eigenvalue weighted by atomic mass is 10.1. The van der Waals surface area contributed by atoms with Crippen molar-refractivity contribution in [2.75, 3.05) is 5.32 Å². The van der Waals surface area contributed by atoms with Crippen LogP contribution in [-0.4, -0.2) is 25.5 Å². The van der Waals surface area contributed by atoms with Crippen LogP contribution in [0, 0.1) is 13.8 Å². The van der Waals surface area contributed by atoms with Crippen LogP contribution >= 0.6 is 11.3 Å². The number of H-pyrrole nitrogens is 1. The van der Waals surface area contributed by atoms with Crippen LogP contribution in [0.5, 0.6) is 0 Å². The molecule has 0 spiro atoms. The van der Waals surface area contributed by atoms with Gasteiger partial charge in [0.2, 0.25) is 5.91 Å². The number of para-hydroxylation sites is 1. The first-order valence-corrected chi connectivity index (χ1v) is 10.6. The van der Waals surface area contributed by atoms with Gasteiger partial charge >= 0.3 is 0 Å². The summed E-state index contributed by atoms with van der Waals surface area (Å²) in [7, 11) is 0. The van der Waals surface area contributed by atoms with Crippen LogP contribution < -0.4 is 10.9 Å². The summed E-state index contributed by atoms with van der Waals surface area (Å²) in [5, 5.41) is 6.60. The topological polar surface area (TPSA) is 92.1 Å². The van der Waals surface area contributed by atoms with Gasteiger partial charge in [-0.2, -0.15) is 0 Å². The molecule has 31 heavy (non-hydrogen) atoms. The first-order valence-electron chi connectivity index (χ1n) is 9.81. The predicted molar refractivity (Wildman–Crippen MR) is 123 cm³/mol. The van der Waals surface area contributed by atoms with E-state index in [-0.39, 0.29) is 17.9 Å². The zero-order chi connectivity index (χ0) is 21.5. The predicted octanol–water partition coefficient (Wildman–Crippen LogP) is 4.10. The molecule has 0 atom stereocenters. The molecule has 0 bridgehead atoms. The summed E-state index contributed by atoms with van der Waals surface area (Å²) in [5.41, 5.74) is 5.37. The molecule has 3 aromatic heterocycles. The molecule has 0 saturated heterocycles. The smallest absolute Gasteiger partial charge is 0.266 e. The Balaban J connectivity index is 1.34. The van der Waals surface area contributed by atoms with E-state index in [0.717, 1.165) is 37.7 Å². The van der Waals surface area contributed by atoms with Crippen molar-refractivity contribution in [1.29, 1.82) is 0 Å². The van der Waals surface area contributed by atoms with Crippen molar-refractivity contribution in [3.63, 3.8) is 0 Å². The van der Waals surface area contributed by atoms with Gasteiger partial charge in [0.15, 0.2) is 5.65 Å². The van der Waals surface area contributed by atoms with Crippen LogP contribution in [0.15, 0.2) is 59.4 Å². The maximum absolute atomic E-state index is 12.7. The highest BCUT2D eigenvalue weighted by Gasteiger charge is 2.14. The summed E-state index contributed by atoms with van der Waals surface area (Å²) in [4.78, 5) is 33.4. The molecule has 0 unspecified atom stereocenters. The number of hydrogen-bond acceptors (Lipinski definition) is 5. The average Bonchev–Trinajstić information content (AvgIpc) is 3.35. The zero-order valence-corrected chi connectivity index (χ0v) is 17.8. The first-order chi connectivity index (χ1) is 15.0. The van der Waals surface area contributed by atoms with Crippen LogP contribution in [0.2, 0.25) is 0 Å². The lowest BCUT2D eigenvalue weighted by Crippen LogP contribution is -2.17. The van der Waals surface area contributed by atoms with Crippen molar-refractivity contribution in [1.82, 2.24) is 19.6 Å². The number of benzene rings is 2. The van der Waals surface area contributed by atoms with E-state index in [9.17, 15) is 9.59 Å². The van der Waals surface area contributed by atoms with E-state index in [1.165, 1.54) is 6.07 Å². The van der Waals surface area contributed by atoms with Gasteiger partial charge in [-0.05, 0) is 50.2 Å². The normalized spacial score (nSPS) is 11.3. The van der Waals surface area contributed by atoms with Gasteiger partial charge in [0.25, 0.3) is 5.56 Å². The number of amides is 1. The molecule has 5 aromatic rings. The molecule has 0 aliphatic rings. The van der Waals surface area contributed by atoms with Crippen LogP contribution in [-0.2, 0) is 11.2 Å². The minimum absolute atomic E-state index is 0.144. The van der Waals surface area contributed by atoms with Crippen molar-refractivity contribution < 1.29 is 4.79 Å². The van der Waals surface area contributed by atoms with Gasteiger partial charge in [-0.1, -0.05) is 12.1 Å². The monoisotopic (exact) mass is 429 g/mol. The SMILES string of the molecule is Cc1nc2cc(=O)[nH]n2c(C)c1CC(=O)Nc1ccc(-c2nc3ccccc3s2)cc1. The molecule has 154 valence electrons. The quantitative estimate of drug-likeness (QED) is 0.450. The van der Waals surface area contributed by atoms with Crippen LogP contribution in [0.4, 0.5) is 5.69 Å². The zero-order valence-electron chi connectivity index (χ0n) is 17.0. The minimum Gasteiger partial charge on any atom is -0.326 e. The standard InChI is InChI=1S/C23H19N5O2S/c1-13-17(14(2)28-20(24-13)12-22(30)27-28)11-21(29)25-16-9-7-15(8-10-16)23-26-18-5-3-4-6-19(18)31-23/h3-10,12H,11H2,1-2H3,(H,25,29)(H,27,30). The number of rotatable bonds is 4. The van der Waals surface area contributed by atoms with Crippen LogP contribution in [0.1, 0.15) is 17.0 Å². The molecule has 5 rings (SSSR count). The van der Waals surface area contributed by atoms with Crippen molar-refractivity contribution in [3.05, 3.63) is 81.9 Å². The Morgan fingerprint density at radius 1 is 1.10 bits per heavy atom. The number of nitrogens with one attached hydrogen (secondary N) is 2. The van der Waals surface area contributed by atoms with E-state index in [2.05, 4.69) is 26.4 Å². The second kappa shape index (κ2) is 7.48. The summed E-state index contributed by atoms with van der Waals surface area (Å²) >= 11 is 1.64. The van der Waals surface area contributed by atoms with Crippen molar-refractivity contribution in [2.45, 2.75) is 20.3 Å². The van der Waals surface area contributed by atoms with E-state index < -0.39 is 0 Å². The molecular weight excluding hydrogens is 410 g/mol. The Kier molecular flexibility index (Phi) is 4.63. The summed E-state index contributed by atoms with van der Waals surface area (Å²) in [6, 6.07) is 17.2. The fraction of sp³-hybridized carbons (Fsp3) is 0.130. The van der Waals surface area contributed by atoms with E-state index in [4.69, 9.17) is 0 Å². The third-order valence-corrected chi connectivity index (χ3v) is 6.33. The summed E-state index contributed by atoms with van der Waals surface area (Å²) in [6.45, 7) is 3.72. The molecule has 2 aromatic carbocycles. The maximum Gasteiger partial charge on any atom is 0.266 e. The van der Waals surface area contributed by atoms with Gasteiger partial charge in [-0.25, -0.2) is 14.5 Å². The Morgan fingerprint density at radius 3 is 2.65 bits per heavy atom. The highest BCUT2D eigenvalue weighted by atomic mass is 32.1. The molecule has 2 N–H and O–H groups in total. The number of hydrogen-bond donors (Lipinski definition) is 2. The Labute approximate surface area is 181 Å². The Hall–Kier alpha value is -3.78. The molecule has 3 heterocycles. The van der Waals surface area contributed by atoms with Crippen molar-refractivity contribution in [3.8, 4) is 10.6 Å². The van der Waals surface area contributed by atoms with E-state index in [1.54, 1.807) is 15.9 Å². The first kappa shape index (κ1) is 19.2. The number of aromatic amines is 1. The number of carbonyl (C=O) groups excluding carboxylic acids is 1. The number of nitrogens with zero attached hydrogens (tertiary/aromatic N) is 3. The highest BCUT2D eigenvalue weighted by molar-refractivity contribution is 7.21. The molecule has 0 aliphatic heterocycles. The van der Waals surface area contributed by atoms with E-state index >= 15 is 0 Å². The molecule has 7 nitrogen and oxygen atoms in total. The van der Waals surface area contributed by atoms with Crippen LogP contribution in [0.25, 0.3) is 26.4 Å². The molecule has 0 radical (unpaired) electrons.